The molecule has 0 radical (unpaired) electrons. The van der Waals surface area contributed by atoms with Gasteiger partial charge in [0.05, 0.1) is 18.4 Å². The molecule has 0 saturated heterocycles. The van der Waals surface area contributed by atoms with Crippen molar-refractivity contribution in [1.82, 2.24) is 15.1 Å². The van der Waals surface area contributed by atoms with Crippen LogP contribution in [0.15, 0.2) is 46.1 Å². The fourth-order valence-electron chi connectivity index (χ4n) is 2.31. The van der Waals surface area contributed by atoms with Gasteiger partial charge in [-0.2, -0.15) is 4.98 Å². The number of ether oxygens (including phenoxy) is 1. The first-order valence-electron chi connectivity index (χ1n) is 7.90. The number of carbonyl (C=O) groups is 1. The highest BCUT2D eigenvalue weighted by Gasteiger charge is 2.14. The van der Waals surface area contributed by atoms with Crippen LogP contribution >= 0.6 is 11.8 Å². The molecule has 0 aliphatic heterocycles. The van der Waals surface area contributed by atoms with Crippen LogP contribution in [0.4, 0.5) is 5.69 Å². The van der Waals surface area contributed by atoms with Crippen LogP contribution < -0.4 is 10.1 Å². The van der Waals surface area contributed by atoms with Crippen LogP contribution in [0.3, 0.4) is 0 Å². The highest BCUT2D eigenvalue weighted by atomic mass is 32.2. The van der Waals surface area contributed by atoms with Crippen molar-refractivity contribution < 1.29 is 14.1 Å². The number of aryl methyl sites for hydroxylation is 2. The number of pyridine rings is 1. The van der Waals surface area contributed by atoms with Crippen LogP contribution in [0.1, 0.15) is 11.5 Å². The third kappa shape index (κ3) is 4.20. The number of hydrogen-bond acceptors (Lipinski definition) is 7. The normalized spacial score (nSPS) is 10.6. The van der Waals surface area contributed by atoms with Crippen LogP contribution in [-0.2, 0) is 4.79 Å². The topological polar surface area (TPSA) is 90.1 Å². The Morgan fingerprint density at radius 1 is 1.31 bits per heavy atom. The molecule has 3 rings (SSSR count). The smallest absolute Gasteiger partial charge is 0.234 e. The Kier molecular flexibility index (Phi) is 5.52. The Bertz CT molecular complexity index is 926. The number of thioether (sulfide) groups is 1. The molecule has 7 nitrogen and oxygen atoms in total. The molecule has 1 amide bonds. The first-order chi connectivity index (χ1) is 12.6. The first kappa shape index (κ1) is 17.9. The molecule has 0 aliphatic rings. The number of nitrogens with one attached hydrogen (secondary N) is 1. The molecular formula is C18H18N4O3S. The third-order valence-electron chi connectivity index (χ3n) is 3.59. The van der Waals surface area contributed by atoms with Crippen molar-refractivity contribution in [3.05, 3.63) is 48.0 Å². The zero-order valence-electron chi connectivity index (χ0n) is 14.6. The van der Waals surface area contributed by atoms with Crippen molar-refractivity contribution in [3.63, 3.8) is 0 Å². The summed E-state index contributed by atoms with van der Waals surface area (Å²) in [6.07, 6.45) is 1.67. The maximum Gasteiger partial charge on any atom is 0.234 e. The number of amides is 1. The van der Waals surface area contributed by atoms with Gasteiger partial charge in [-0.15, -0.1) is 0 Å². The molecule has 26 heavy (non-hydrogen) atoms. The van der Waals surface area contributed by atoms with Gasteiger partial charge in [-0.3, -0.25) is 4.79 Å². The van der Waals surface area contributed by atoms with E-state index in [1.165, 1.54) is 11.8 Å². The molecular weight excluding hydrogens is 352 g/mol. The second-order valence-electron chi connectivity index (χ2n) is 5.51. The maximum absolute atomic E-state index is 12.3. The molecule has 0 spiro atoms. The van der Waals surface area contributed by atoms with E-state index in [1.54, 1.807) is 26.3 Å². The number of carbonyl (C=O) groups excluding carboxylic acids is 1. The quantitative estimate of drug-likeness (QED) is 0.664. The Labute approximate surface area is 155 Å². The largest absolute Gasteiger partial charge is 0.497 e. The number of nitrogens with zero attached hydrogens (tertiary/aromatic N) is 3. The molecule has 0 unspecified atom stereocenters. The Hall–Kier alpha value is -2.87. The molecule has 1 N–H and O–H groups in total. The molecule has 0 bridgehead atoms. The summed E-state index contributed by atoms with van der Waals surface area (Å²) in [5, 5.41) is 7.50. The molecule has 1 aromatic carbocycles. The van der Waals surface area contributed by atoms with Crippen molar-refractivity contribution >= 4 is 23.4 Å². The molecule has 2 aromatic heterocycles. The molecule has 0 saturated carbocycles. The fourth-order valence-corrected chi connectivity index (χ4v) is 3.10. The van der Waals surface area contributed by atoms with Crippen molar-refractivity contribution in [2.75, 3.05) is 18.2 Å². The number of rotatable bonds is 6. The lowest BCUT2D eigenvalue weighted by Gasteiger charge is -2.10. The van der Waals surface area contributed by atoms with Crippen LogP contribution in [0.25, 0.3) is 11.4 Å². The molecule has 0 fully saturated rings. The molecule has 3 aromatic rings. The average Bonchev–Trinajstić information content (AvgIpc) is 3.08. The predicted molar refractivity (Wildman–Crippen MR) is 99.4 cm³/mol. The van der Waals surface area contributed by atoms with Crippen LogP contribution in [0, 0.1) is 13.8 Å². The predicted octanol–water partition coefficient (Wildman–Crippen LogP) is 3.49. The summed E-state index contributed by atoms with van der Waals surface area (Å²) >= 11 is 1.32. The summed E-state index contributed by atoms with van der Waals surface area (Å²) in [6, 6.07) is 9.16. The van der Waals surface area contributed by atoms with Crippen molar-refractivity contribution in [3.8, 4) is 17.1 Å². The molecule has 134 valence electrons. The minimum Gasteiger partial charge on any atom is -0.497 e. The monoisotopic (exact) mass is 370 g/mol. The number of benzene rings is 1. The van der Waals surface area contributed by atoms with Crippen molar-refractivity contribution in [2.24, 2.45) is 0 Å². The maximum atomic E-state index is 12.3. The van der Waals surface area contributed by atoms with Gasteiger partial charge in [-0.05, 0) is 42.8 Å². The summed E-state index contributed by atoms with van der Waals surface area (Å²) < 4.78 is 10.2. The minimum absolute atomic E-state index is 0.121. The zero-order valence-corrected chi connectivity index (χ0v) is 15.5. The lowest BCUT2D eigenvalue weighted by molar-refractivity contribution is -0.113. The number of anilines is 1. The zero-order chi connectivity index (χ0) is 18.5. The Balaban J connectivity index is 1.67. The number of aromatic nitrogens is 3. The van der Waals surface area contributed by atoms with Gasteiger partial charge < -0.3 is 14.6 Å². The molecule has 0 aliphatic carbocycles. The van der Waals surface area contributed by atoms with Gasteiger partial charge in [0.1, 0.15) is 10.8 Å². The molecule has 0 atom stereocenters. The highest BCUT2D eigenvalue weighted by molar-refractivity contribution is 8.00. The van der Waals surface area contributed by atoms with E-state index in [2.05, 4.69) is 20.4 Å². The minimum atomic E-state index is -0.121. The lowest BCUT2D eigenvalue weighted by Crippen LogP contribution is -2.15. The van der Waals surface area contributed by atoms with E-state index in [9.17, 15) is 4.79 Å². The van der Waals surface area contributed by atoms with Crippen molar-refractivity contribution in [2.45, 2.75) is 18.9 Å². The molecule has 2 heterocycles. The van der Waals surface area contributed by atoms with E-state index >= 15 is 0 Å². The second kappa shape index (κ2) is 8.01. The van der Waals surface area contributed by atoms with E-state index in [0.29, 0.717) is 16.7 Å². The Morgan fingerprint density at radius 2 is 2.15 bits per heavy atom. The van der Waals surface area contributed by atoms with Crippen LogP contribution in [0.5, 0.6) is 5.75 Å². The van der Waals surface area contributed by atoms with Crippen LogP contribution in [-0.4, -0.2) is 33.9 Å². The first-order valence-corrected chi connectivity index (χ1v) is 8.88. The van der Waals surface area contributed by atoms with E-state index in [1.807, 2.05) is 31.2 Å². The van der Waals surface area contributed by atoms with E-state index in [4.69, 9.17) is 9.26 Å². The highest BCUT2D eigenvalue weighted by Crippen LogP contribution is 2.28. The van der Waals surface area contributed by atoms with Gasteiger partial charge in [-0.25, -0.2) is 4.98 Å². The summed E-state index contributed by atoms with van der Waals surface area (Å²) in [6.45, 7) is 3.64. The van der Waals surface area contributed by atoms with Crippen LogP contribution in [0.2, 0.25) is 0 Å². The van der Waals surface area contributed by atoms with Gasteiger partial charge in [0, 0.05) is 18.8 Å². The average molecular weight is 370 g/mol. The van der Waals surface area contributed by atoms with Gasteiger partial charge in [0.15, 0.2) is 0 Å². The van der Waals surface area contributed by atoms with E-state index in [0.717, 1.165) is 22.6 Å². The number of hydrogen-bond donors (Lipinski definition) is 1. The van der Waals surface area contributed by atoms with Crippen molar-refractivity contribution in [1.29, 1.82) is 0 Å². The van der Waals surface area contributed by atoms with Gasteiger partial charge >= 0.3 is 0 Å². The van der Waals surface area contributed by atoms with E-state index < -0.39 is 0 Å². The van der Waals surface area contributed by atoms with Gasteiger partial charge in [0.25, 0.3) is 0 Å². The summed E-state index contributed by atoms with van der Waals surface area (Å²) in [4.78, 5) is 20.9. The molecule has 8 heteroatoms. The standard InChI is InChI=1S/C18H18N4O3S/c1-11-9-13(24-3)6-7-15(11)21-16(23)10-26-18-14(5-4-8-19-18)17-20-12(2)25-22-17/h4-9H,10H2,1-3H3,(H,21,23). The summed E-state index contributed by atoms with van der Waals surface area (Å²) in [7, 11) is 1.61. The Morgan fingerprint density at radius 3 is 2.85 bits per heavy atom. The SMILES string of the molecule is COc1ccc(NC(=O)CSc2ncccc2-c2noc(C)n2)c(C)c1. The number of methoxy groups -OCH3 is 1. The fraction of sp³-hybridized carbons (Fsp3) is 0.222. The van der Waals surface area contributed by atoms with Gasteiger partial charge in [0.2, 0.25) is 17.6 Å². The second-order valence-corrected chi connectivity index (χ2v) is 6.47. The van der Waals surface area contributed by atoms with Gasteiger partial charge in [-0.1, -0.05) is 16.9 Å². The lowest BCUT2D eigenvalue weighted by atomic mass is 10.2. The summed E-state index contributed by atoms with van der Waals surface area (Å²) in [5.41, 5.74) is 2.43. The van der Waals surface area contributed by atoms with E-state index in [-0.39, 0.29) is 11.7 Å². The summed E-state index contributed by atoms with van der Waals surface area (Å²) in [5.74, 6) is 1.79. The third-order valence-corrected chi connectivity index (χ3v) is 4.59.